The Hall–Kier alpha value is -3.75. The molecule has 0 aliphatic carbocycles. The molecule has 0 radical (unpaired) electrons. The van der Waals surface area contributed by atoms with Crippen molar-refractivity contribution in [1.82, 2.24) is 20.0 Å². The first-order valence-electron chi connectivity index (χ1n) is 13.9. The second-order valence-corrected chi connectivity index (χ2v) is 10.6. The summed E-state index contributed by atoms with van der Waals surface area (Å²) in [6.45, 7) is 6.56. The van der Waals surface area contributed by atoms with Crippen LogP contribution < -0.4 is 10.1 Å². The number of methoxy groups -OCH3 is 1. The maximum absolute atomic E-state index is 13.8. The number of ether oxygens (including phenoxy) is 1. The number of hydrogen-bond donors (Lipinski definition) is 1. The number of piperazine rings is 1. The summed E-state index contributed by atoms with van der Waals surface area (Å²) in [4.78, 5) is 33.5. The first-order valence-corrected chi connectivity index (χ1v) is 13.9. The van der Waals surface area contributed by atoms with Crippen LogP contribution in [0.3, 0.4) is 0 Å². The molecule has 1 N–H and O–H groups in total. The molecule has 2 fully saturated rings. The van der Waals surface area contributed by atoms with Crippen molar-refractivity contribution in [2.45, 2.75) is 38.5 Å². The molecule has 0 aromatic heterocycles. The highest BCUT2D eigenvalue weighted by Crippen LogP contribution is 2.29. The molecule has 2 atom stereocenters. The van der Waals surface area contributed by atoms with Crippen LogP contribution in [0.1, 0.15) is 33.5 Å². The number of nitrogens with zero attached hydrogens (tertiary/aromatic N) is 3. The fourth-order valence-electron chi connectivity index (χ4n) is 5.72. The van der Waals surface area contributed by atoms with Crippen molar-refractivity contribution in [3.63, 3.8) is 0 Å². The van der Waals surface area contributed by atoms with Crippen LogP contribution in [0.2, 0.25) is 0 Å². The van der Waals surface area contributed by atoms with Crippen molar-refractivity contribution >= 4 is 11.8 Å². The van der Waals surface area contributed by atoms with Gasteiger partial charge in [-0.2, -0.15) is 0 Å². The fourth-order valence-corrected chi connectivity index (χ4v) is 5.72. The maximum Gasteiger partial charge on any atom is 0.254 e. The molecule has 3 aromatic carbocycles. The molecular formula is C32H37FN4O3. The topological polar surface area (TPSA) is 65.1 Å². The van der Waals surface area contributed by atoms with Gasteiger partial charge in [-0.1, -0.05) is 36.4 Å². The molecule has 2 aliphatic rings. The van der Waals surface area contributed by atoms with E-state index in [1.807, 2.05) is 35.2 Å². The summed E-state index contributed by atoms with van der Waals surface area (Å²) < 4.78 is 19.1. The molecule has 0 bridgehead atoms. The minimum Gasteiger partial charge on any atom is -0.497 e. The molecule has 40 heavy (non-hydrogen) atoms. The molecule has 2 heterocycles. The average Bonchev–Trinajstić information content (AvgIpc) is 3.43. The van der Waals surface area contributed by atoms with Gasteiger partial charge in [-0.25, -0.2) is 4.39 Å². The first-order chi connectivity index (χ1) is 19.4. The average molecular weight is 545 g/mol. The molecule has 0 saturated carbocycles. The van der Waals surface area contributed by atoms with Crippen LogP contribution in [0.5, 0.6) is 5.75 Å². The fraction of sp³-hybridized carbons (Fsp3) is 0.375. The number of aryl methyl sites for hydroxylation is 1. The lowest BCUT2D eigenvalue weighted by Crippen LogP contribution is -2.53. The van der Waals surface area contributed by atoms with Crippen LogP contribution in [0.4, 0.5) is 4.39 Å². The van der Waals surface area contributed by atoms with E-state index in [0.717, 1.165) is 24.4 Å². The number of nitrogens with one attached hydrogen (secondary N) is 1. The van der Waals surface area contributed by atoms with E-state index in [0.29, 0.717) is 44.7 Å². The second-order valence-electron chi connectivity index (χ2n) is 10.6. The number of hydrogen-bond acceptors (Lipinski definition) is 5. The predicted octanol–water partition coefficient (Wildman–Crippen LogP) is 3.86. The summed E-state index contributed by atoms with van der Waals surface area (Å²) in [7, 11) is 1.66. The molecular weight excluding hydrogens is 507 g/mol. The number of amides is 2. The van der Waals surface area contributed by atoms with E-state index < -0.39 is 11.9 Å². The van der Waals surface area contributed by atoms with Crippen molar-refractivity contribution in [2.75, 3.05) is 39.8 Å². The van der Waals surface area contributed by atoms with E-state index >= 15 is 0 Å². The number of benzene rings is 3. The lowest BCUT2D eigenvalue weighted by atomic mass is 10.0. The molecule has 2 saturated heterocycles. The van der Waals surface area contributed by atoms with Crippen molar-refractivity contribution in [3.05, 3.63) is 101 Å². The molecule has 2 aliphatic heterocycles. The summed E-state index contributed by atoms with van der Waals surface area (Å²) in [6.07, 6.45) is 0.533. The Labute approximate surface area is 235 Å². The van der Waals surface area contributed by atoms with Crippen LogP contribution in [0.15, 0.2) is 72.8 Å². The predicted molar refractivity (Wildman–Crippen MR) is 152 cm³/mol. The number of rotatable bonds is 8. The minimum atomic E-state index is -0.578. The summed E-state index contributed by atoms with van der Waals surface area (Å²) in [6, 6.07) is 21.3. The monoisotopic (exact) mass is 544 g/mol. The second kappa shape index (κ2) is 12.6. The molecule has 8 heteroatoms. The normalized spacial score (nSPS) is 19.2. The van der Waals surface area contributed by atoms with Crippen molar-refractivity contribution in [1.29, 1.82) is 0 Å². The third kappa shape index (κ3) is 6.35. The van der Waals surface area contributed by atoms with Crippen LogP contribution >= 0.6 is 0 Å². The molecule has 5 rings (SSSR count). The largest absolute Gasteiger partial charge is 0.497 e. The van der Waals surface area contributed by atoms with E-state index in [1.54, 1.807) is 12.0 Å². The molecule has 2 amide bonds. The molecule has 3 aromatic rings. The Balaban J connectivity index is 1.46. The Morgan fingerprint density at radius 3 is 2.48 bits per heavy atom. The van der Waals surface area contributed by atoms with Gasteiger partial charge in [0.05, 0.1) is 7.11 Å². The zero-order valence-electron chi connectivity index (χ0n) is 23.2. The van der Waals surface area contributed by atoms with E-state index in [-0.39, 0.29) is 17.9 Å². The lowest BCUT2D eigenvalue weighted by molar-refractivity contribution is -0.135. The highest BCUT2D eigenvalue weighted by atomic mass is 19.1. The van der Waals surface area contributed by atoms with Crippen molar-refractivity contribution in [3.8, 4) is 5.75 Å². The van der Waals surface area contributed by atoms with Gasteiger partial charge in [0.25, 0.3) is 5.91 Å². The SMILES string of the molecule is COc1cccc(CN(Cc2ccccc2C)C2CC(C(=O)N3CCNCC3)N(C(=O)c3ccc(F)cc3)C2)c1. The Morgan fingerprint density at radius 2 is 1.75 bits per heavy atom. The van der Waals surface area contributed by atoms with Gasteiger partial charge in [-0.05, 0) is 66.4 Å². The standard InChI is InChI=1S/C32H37FN4O3/c1-23-6-3-4-8-26(23)21-36(20-24-7-5-9-29(18-24)40-2)28-19-30(32(39)35-16-14-34-15-17-35)37(22-28)31(38)25-10-12-27(33)13-11-25/h3-13,18,28,30,34H,14-17,19-22H2,1-2H3. The van der Waals surface area contributed by atoms with Crippen LogP contribution in [0.25, 0.3) is 0 Å². The van der Waals surface area contributed by atoms with Crippen LogP contribution in [-0.4, -0.2) is 78.4 Å². The van der Waals surface area contributed by atoms with Crippen molar-refractivity contribution < 1.29 is 18.7 Å². The first kappa shape index (κ1) is 27.8. The smallest absolute Gasteiger partial charge is 0.254 e. The van der Waals surface area contributed by atoms with Crippen molar-refractivity contribution in [2.24, 2.45) is 0 Å². The van der Waals surface area contributed by atoms with E-state index in [2.05, 4.69) is 35.3 Å². The molecule has 7 nitrogen and oxygen atoms in total. The van der Waals surface area contributed by atoms with Gasteiger partial charge in [0.2, 0.25) is 5.91 Å². The molecule has 0 spiro atoms. The van der Waals surface area contributed by atoms with Crippen LogP contribution in [0, 0.1) is 12.7 Å². The van der Waals surface area contributed by atoms with E-state index in [9.17, 15) is 14.0 Å². The summed E-state index contributed by atoms with van der Waals surface area (Å²) in [5.74, 6) is 0.136. The third-order valence-corrected chi connectivity index (χ3v) is 8.02. The van der Waals surface area contributed by atoms with Gasteiger partial charge in [0, 0.05) is 57.4 Å². The van der Waals surface area contributed by atoms with Gasteiger partial charge < -0.3 is 19.9 Å². The highest BCUT2D eigenvalue weighted by Gasteiger charge is 2.43. The van der Waals surface area contributed by atoms with E-state index in [1.165, 1.54) is 35.4 Å². The number of carbonyl (C=O) groups is 2. The molecule has 210 valence electrons. The van der Waals surface area contributed by atoms with E-state index in [4.69, 9.17) is 4.74 Å². The van der Waals surface area contributed by atoms with Gasteiger partial charge in [-0.3, -0.25) is 14.5 Å². The highest BCUT2D eigenvalue weighted by molar-refractivity contribution is 5.98. The zero-order chi connectivity index (χ0) is 28.1. The molecule has 2 unspecified atom stereocenters. The van der Waals surface area contributed by atoms with Gasteiger partial charge in [-0.15, -0.1) is 0 Å². The summed E-state index contributed by atoms with van der Waals surface area (Å²) >= 11 is 0. The van der Waals surface area contributed by atoms with Gasteiger partial charge in [0.1, 0.15) is 17.6 Å². The van der Waals surface area contributed by atoms with Crippen LogP contribution in [-0.2, 0) is 17.9 Å². The summed E-state index contributed by atoms with van der Waals surface area (Å²) in [5.41, 5.74) is 3.89. The zero-order valence-corrected chi connectivity index (χ0v) is 23.2. The third-order valence-electron chi connectivity index (χ3n) is 8.02. The minimum absolute atomic E-state index is 0.0170. The Morgan fingerprint density at radius 1 is 1.00 bits per heavy atom. The summed E-state index contributed by atoms with van der Waals surface area (Å²) in [5, 5.41) is 3.29. The Kier molecular flexibility index (Phi) is 8.77. The number of likely N-dealkylation sites (tertiary alicyclic amines) is 1. The number of halogens is 1. The Bertz CT molecular complexity index is 1330. The quantitative estimate of drug-likeness (QED) is 0.467. The van der Waals surface area contributed by atoms with Gasteiger partial charge in [0.15, 0.2) is 0 Å². The lowest BCUT2D eigenvalue weighted by Gasteiger charge is -2.32. The van der Waals surface area contributed by atoms with Gasteiger partial charge >= 0.3 is 0 Å². The number of carbonyl (C=O) groups excluding carboxylic acids is 2. The maximum atomic E-state index is 13.8.